The van der Waals surface area contributed by atoms with E-state index in [4.69, 9.17) is 0 Å². The second-order valence-corrected chi connectivity index (χ2v) is 9.85. The zero-order valence-corrected chi connectivity index (χ0v) is 17.4. The van der Waals surface area contributed by atoms with Gasteiger partial charge in [0, 0.05) is 17.9 Å². The van der Waals surface area contributed by atoms with Gasteiger partial charge < -0.3 is 10.2 Å². The maximum Gasteiger partial charge on any atom is 0.248 e. The van der Waals surface area contributed by atoms with E-state index in [-0.39, 0.29) is 17.2 Å². The average molecular weight is 395 g/mol. The van der Waals surface area contributed by atoms with Crippen LogP contribution in [0.1, 0.15) is 44.7 Å². The fourth-order valence-electron chi connectivity index (χ4n) is 4.11. The molecule has 0 radical (unpaired) electrons. The maximum absolute atomic E-state index is 13.0. The van der Waals surface area contributed by atoms with Crippen molar-refractivity contribution in [1.29, 1.82) is 0 Å². The van der Waals surface area contributed by atoms with Crippen molar-refractivity contribution < 1.29 is 9.59 Å². The second-order valence-electron chi connectivity index (χ2n) is 8.56. The number of benzene rings is 2. The van der Waals surface area contributed by atoms with Crippen molar-refractivity contribution in [3.8, 4) is 0 Å². The molecule has 5 heteroatoms. The third-order valence-corrected chi connectivity index (χ3v) is 7.27. The highest BCUT2D eigenvalue weighted by Gasteiger charge is 2.56. The standard InChI is InChI=1S/C23H26N2O2S/c1-22(2,3)16-9-11-18(12-10-16)24-21(27)19-15-28-23(14-13-20(26)25(19)23)17-7-5-4-6-8-17/h4-12,19H,13-15H2,1-3H3,(H,24,27)/t19-,23-/m1/s1. The quantitative estimate of drug-likeness (QED) is 0.833. The van der Waals surface area contributed by atoms with E-state index in [9.17, 15) is 9.59 Å². The van der Waals surface area contributed by atoms with E-state index in [2.05, 4.69) is 38.2 Å². The molecule has 2 aromatic rings. The van der Waals surface area contributed by atoms with E-state index in [0.29, 0.717) is 12.2 Å². The molecule has 0 aliphatic carbocycles. The summed E-state index contributed by atoms with van der Waals surface area (Å²) in [6.07, 6.45) is 1.25. The first-order valence-corrected chi connectivity index (χ1v) is 10.7. The van der Waals surface area contributed by atoms with Gasteiger partial charge in [0.05, 0.1) is 0 Å². The molecule has 2 saturated heterocycles. The van der Waals surface area contributed by atoms with Crippen LogP contribution in [0.25, 0.3) is 0 Å². The predicted octanol–water partition coefficient (Wildman–Crippen LogP) is 4.51. The van der Waals surface area contributed by atoms with Gasteiger partial charge in [-0.05, 0) is 35.1 Å². The third-order valence-electron chi connectivity index (χ3n) is 5.67. The number of hydrogen-bond donors (Lipinski definition) is 1. The molecule has 2 aromatic carbocycles. The van der Waals surface area contributed by atoms with Crippen LogP contribution in [0.2, 0.25) is 0 Å². The van der Waals surface area contributed by atoms with E-state index in [1.807, 2.05) is 47.4 Å². The van der Waals surface area contributed by atoms with Crippen LogP contribution in [0, 0.1) is 0 Å². The monoisotopic (exact) mass is 394 g/mol. The summed E-state index contributed by atoms with van der Waals surface area (Å²) < 4.78 is 0. The molecule has 0 spiro atoms. The SMILES string of the molecule is CC(C)(C)c1ccc(NC(=O)[C@H]2CS[C@@]3(c4ccccc4)CCC(=O)N23)cc1. The highest BCUT2D eigenvalue weighted by atomic mass is 32.2. The zero-order chi connectivity index (χ0) is 19.9. The Balaban J connectivity index is 1.55. The van der Waals surface area contributed by atoms with Gasteiger partial charge in [-0.15, -0.1) is 11.8 Å². The van der Waals surface area contributed by atoms with Crippen LogP contribution < -0.4 is 5.32 Å². The zero-order valence-electron chi connectivity index (χ0n) is 16.6. The molecule has 2 fully saturated rings. The summed E-state index contributed by atoms with van der Waals surface area (Å²) in [5.74, 6) is 0.577. The summed E-state index contributed by atoms with van der Waals surface area (Å²) in [6, 6.07) is 17.6. The molecule has 1 N–H and O–H groups in total. The Labute approximate surface area is 170 Å². The van der Waals surface area contributed by atoms with Crippen LogP contribution in [0.4, 0.5) is 5.69 Å². The van der Waals surface area contributed by atoms with Gasteiger partial charge in [0.25, 0.3) is 0 Å². The summed E-state index contributed by atoms with van der Waals surface area (Å²) in [7, 11) is 0. The van der Waals surface area contributed by atoms with Crippen LogP contribution in [-0.4, -0.2) is 28.5 Å². The van der Waals surface area contributed by atoms with Crippen LogP contribution in [0.15, 0.2) is 54.6 Å². The Morgan fingerprint density at radius 1 is 1.11 bits per heavy atom. The number of nitrogens with one attached hydrogen (secondary N) is 1. The molecule has 2 amide bonds. The van der Waals surface area contributed by atoms with Gasteiger partial charge in [0.1, 0.15) is 10.9 Å². The molecule has 0 aromatic heterocycles. The average Bonchev–Trinajstić information content (AvgIpc) is 3.22. The van der Waals surface area contributed by atoms with Gasteiger partial charge in [-0.2, -0.15) is 0 Å². The Bertz CT molecular complexity index is 889. The number of thioether (sulfide) groups is 1. The van der Waals surface area contributed by atoms with Gasteiger partial charge in [-0.25, -0.2) is 0 Å². The first kappa shape index (κ1) is 19.1. The molecule has 2 heterocycles. The van der Waals surface area contributed by atoms with Crippen molar-refractivity contribution in [3.63, 3.8) is 0 Å². The van der Waals surface area contributed by atoms with Crippen molar-refractivity contribution in [2.75, 3.05) is 11.1 Å². The van der Waals surface area contributed by atoms with Gasteiger partial charge in [-0.3, -0.25) is 9.59 Å². The van der Waals surface area contributed by atoms with Crippen molar-refractivity contribution in [2.45, 2.75) is 49.9 Å². The molecule has 4 nitrogen and oxygen atoms in total. The van der Waals surface area contributed by atoms with Gasteiger partial charge in [0.15, 0.2) is 0 Å². The van der Waals surface area contributed by atoms with Crippen LogP contribution in [0.5, 0.6) is 0 Å². The van der Waals surface area contributed by atoms with E-state index >= 15 is 0 Å². The molecule has 2 atom stereocenters. The Morgan fingerprint density at radius 2 is 1.79 bits per heavy atom. The van der Waals surface area contributed by atoms with Crippen LogP contribution >= 0.6 is 11.8 Å². The number of amides is 2. The number of carbonyl (C=O) groups excluding carboxylic acids is 2. The smallest absolute Gasteiger partial charge is 0.248 e. The lowest BCUT2D eigenvalue weighted by Gasteiger charge is -2.34. The number of rotatable bonds is 3. The molecular weight excluding hydrogens is 368 g/mol. The molecule has 146 valence electrons. The number of hydrogen-bond acceptors (Lipinski definition) is 3. The van der Waals surface area contributed by atoms with Gasteiger partial charge in [0.2, 0.25) is 11.8 Å². The van der Waals surface area contributed by atoms with Crippen molar-refractivity contribution >= 4 is 29.3 Å². The minimum absolute atomic E-state index is 0.0667. The Kier molecular flexibility index (Phi) is 4.74. The molecule has 2 aliphatic heterocycles. The minimum atomic E-state index is -0.442. The van der Waals surface area contributed by atoms with Crippen molar-refractivity contribution in [2.24, 2.45) is 0 Å². The topological polar surface area (TPSA) is 49.4 Å². The molecule has 2 aliphatic rings. The summed E-state index contributed by atoms with van der Waals surface area (Å²) in [6.45, 7) is 6.50. The highest BCUT2D eigenvalue weighted by molar-refractivity contribution is 8.00. The highest BCUT2D eigenvalue weighted by Crippen LogP contribution is 2.54. The second kappa shape index (κ2) is 6.96. The number of fused-ring (bicyclic) bond motifs is 1. The molecule has 4 rings (SSSR count). The number of nitrogens with zero attached hydrogens (tertiary/aromatic N) is 1. The summed E-state index contributed by atoms with van der Waals surface area (Å²) >= 11 is 1.71. The van der Waals surface area contributed by atoms with E-state index in [1.54, 1.807) is 11.8 Å². The summed E-state index contributed by atoms with van der Waals surface area (Å²) in [4.78, 5) is 27.1. The molecule has 0 saturated carbocycles. The fraction of sp³-hybridized carbons (Fsp3) is 0.391. The van der Waals surface area contributed by atoms with Gasteiger partial charge >= 0.3 is 0 Å². The number of anilines is 1. The fourth-order valence-corrected chi connectivity index (χ4v) is 5.77. The van der Waals surface area contributed by atoms with Gasteiger partial charge in [-0.1, -0.05) is 63.2 Å². The van der Waals surface area contributed by atoms with E-state index in [0.717, 1.165) is 17.7 Å². The Morgan fingerprint density at radius 3 is 2.43 bits per heavy atom. The van der Waals surface area contributed by atoms with Crippen LogP contribution in [0.3, 0.4) is 0 Å². The molecular formula is C23H26N2O2S. The van der Waals surface area contributed by atoms with Crippen molar-refractivity contribution in [3.05, 3.63) is 65.7 Å². The molecule has 0 bridgehead atoms. The van der Waals surface area contributed by atoms with E-state index < -0.39 is 10.9 Å². The third kappa shape index (κ3) is 3.22. The lowest BCUT2D eigenvalue weighted by atomic mass is 9.87. The minimum Gasteiger partial charge on any atom is -0.324 e. The molecule has 28 heavy (non-hydrogen) atoms. The maximum atomic E-state index is 13.0. The lowest BCUT2D eigenvalue weighted by molar-refractivity contribution is -0.136. The normalized spacial score (nSPS) is 24.3. The predicted molar refractivity (Wildman–Crippen MR) is 114 cm³/mol. The lowest BCUT2D eigenvalue weighted by Crippen LogP contribution is -2.48. The van der Waals surface area contributed by atoms with E-state index in [1.165, 1.54) is 5.56 Å². The molecule has 0 unspecified atom stereocenters. The summed E-state index contributed by atoms with van der Waals surface area (Å²) in [5, 5.41) is 3.02. The number of carbonyl (C=O) groups is 2. The first-order valence-electron chi connectivity index (χ1n) is 9.74. The van der Waals surface area contributed by atoms with Crippen LogP contribution in [-0.2, 0) is 19.9 Å². The summed E-state index contributed by atoms with van der Waals surface area (Å²) in [5.41, 5.74) is 3.17. The first-order chi connectivity index (χ1) is 13.3. The largest absolute Gasteiger partial charge is 0.324 e. The Hall–Kier alpha value is -2.27. The van der Waals surface area contributed by atoms with Crippen molar-refractivity contribution in [1.82, 2.24) is 4.90 Å².